The lowest BCUT2D eigenvalue weighted by Crippen LogP contribution is -2.34. The van der Waals surface area contributed by atoms with Crippen molar-refractivity contribution < 1.29 is 9.47 Å². The molecule has 0 aromatic heterocycles. The summed E-state index contributed by atoms with van der Waals surface area (Å²) in [5, 5.41) is 0. The molecule has 2 unspecified atom stereocenters. The topological polar surface area (TPSA) is 44.5 Å². The van der Waals surface area contributed by atoms with E-state index in [-0.39, 0.29) is 18.2 Å². The van der Waals surface area contributed by atoms with Gasteiger partial charge < -0.3 is 15.2 Å². The fourth-order valence-corrected chi connectivity index (χ4v) is 1.97. The van der Waals surface area contributed by atoms with Crippen LogP contribution in [0.5, 0.6) is 0 Å². The Morgan fingerprint density at radius 3 is 2.64 bits per heavy atom. The Labute approximate surface area is 66.8 Å². The second-order valence-electron chi connectivity index (χ2n) is 3.88. The quantitative estimate of drug-likeness (QED) is 0.561. The third kappa shape index (κ3) is 1.17. The van der Waals surface area contributed by atoms with E-state index in [0.29, 0.717) is 0 Å². The van der Waals surface area contributed by atoms with E-state index in [9.17, 15) is 0 Å². The molecule has 1 aliphatic heterocycles. The largest absolute Gasteiger partial charge is 0.345 e. The van der Waals surface area contributed by atoms with Crippen molar-refractivity contribution >= 4 is 0 Å². The molecule has 2 N–H and O–H groups in total. The number of hydrogen-bond donors (Lipinski definition) is 1. The van der Waals surface area contributed by atoms with E-state index in [2.05, 4.69) is 0 Å². The summed E-state index contributed by atoms with van der Waals surface area (Å²) in [4.78, 5) is 0. The Morgan fingerprint density at radius 1 is 1.27 bits per heavy atom. The Kier molecular flexibility index (Phi) is 1.50. The van der Waals surface area contributed by atoms with E-state index in [1.54, 1.807) is 0 Å². The van der Waals surface area contributed by atoms with E-state index in [4.69, 9.17) is 15.2 Å². The molecule has 3 heteroatoms. The lowest BCUT2D eigenvalue weighted by atomic mass is 10.2. The maximum atomic E-state index is 5.84. The van der Waals surface area contributed by atoms with E-state index < -0.39 is 5.79 Å². The Morgan fingerprint density at radius 2 is 2.00 bits per heavy atom. The van der Waals surface area contributed by atoms with E-state index >= 15 is 0 Å². The summed E-state index contributed by atoms with van der Waals surface area (Å²) >= 11 is 0. The zero-order valence-electron chi connectivity index (χ0n) is 7.04. The van der Waals surface area contributed by atoms with Crippen LogP contribution >= 0.6 is 0 Å². The molecular weight excluding hydrogens is 142 g/mol. The summed E-state index contributed by atoms with van der Waals surface area (Å²) in [6, 6.07) is 0.182. The minimum Gasteiger partial charge on any atom is -0.345 e. The van der Waals surface area contributed by atoms with Crippen LogP contribution in [0.2, 0.25) is 0 Å². The molecule has 3 nitrogen and oxygen atoms in total. The number of rotatable bonds is 0. The van der Waals surface area contributed by atoms with Crippen LogP contribution in [-0.2, 0) is 9.47 Å². The van der Waals surface area contributed by atoms with Gasteiger partial charge in [-0.15, -0.1) is 0 Å². The molecule has 1 aliphatic carbocycles. The molecule has 0 radical (unpaired) electrons. The zero-order chi connectivity index (χ0) is 8.06. The average Bonchev–Trinajstić information content (AvgIpc) is 2.31. The molecule has 1 heterocycles. The Bertz CT molecular complexity index is 169. The zero-order valence-corrected chi connectivity index (χ0v) is 7.04. The molecule has 1 saturated carbocycles. The van der Waals surface area contributed by atoms with Gasteiger partial charge in [0, 0.05) is 6.04 Å². The summed E-state index contributed by atoms with van der Waals surface area (Å²) in [5.41, 5.74) is 5.84. The lowest BCUT2D eigenvalue weighted by Gasteiger charge is -2.19. The van der Waals surface area contributed by atoms with Crippen molar-refractivity contribution in [2.75, 3.05) is 0 Å². The van der Waals surface area contributed by atoms with Crippen molar-refractivity contribution in [3.05, 3.63) is 0 Å². The van der Waals surface area contributed by atoms with Crippen molar-refractivity contribution in [3.8, 4) is 0 Å². The van der Waals surface area contributed by atoms with Crippen LogP contribution in [0.15, 0.2) is 0 Å². The lowest BCUT2D eigenvalue weighted by molar-refractivity contribution is -0.152. The summed E-state index contributed by atoms with van der Waals surface area (Å²) in [6.45, 7) is 3.88. The molecular formula is C8H15NO2. The fraction of sp³-hybridized carbons (Fsp3) is 1.00. The second-order valence-corrected chi connectivity index (χ2v) is 3.88. The maximum absolute atomic E-state index is 5.84. The van der Waals surface area contributed by atoms with Gasteiger partial charge in [-0.05, 0) is 26.7 Å². The van der Waals surface area contributed by atoms with Crippen LogP contribution in [0, 0.1) is 0 Å². The number of hydrogen-bond acceptors (Lipinski definition) is 3. The smallest absolute Gasteiger partial charge is 0.163 e. The van der Waals surface area contributed by atoms with Crippen LogP contribution in [-0.4, -0.2) is 24.0 Å². The highest BCUT2D eigenvalue weighted by atomic mass is 16.8. The Hall–Kier alpha value is -0.120. The first-order valence-corrected chi connectivity index (χ1v) is 4.20. The molecule has 64 valence electrons. The van der Waals surface area contributed by atoms with Gasteiger partial charge in [0.25, 0.3) is 0 Å². The Balaban J connectivity index is 2.10. The highest BCUT2D eigenvalue weighted by molar-refractivity contribution is 4.94. The summed E-state index contributed by atoms with van der Waals surface area (Å²) < 4.78 is 11.3. The highest BCUT2D eigenvalue weighted by Gasteiger charge is 2.47. The molecule has 2 fully saturated rings. The first kappa shape index (κ1) is 7.53. The highest BCUT2D eigenvalue weighted by Crippen LogP contribution is 2.37. The summed E-state index contributed by atoms with van der Waals surface area (Å²) in [5.74, 6) is -0.409. The molecule has 3 atom stereocenters. The van der Waals surface area contributed by atoms with Gasteiger partial charge in [-0.1, -0.05) is 0 Å². The van der Waals surface area contributed by atoms with Crippen LogP contribution < -0.4 is 5.73 Å². The van der Waals surface area contributed by atoms with Crippen molar-refractivity contribution in [2.24, 2.45) is 5.73 Å². The molecule has 0 amide bonds. The minimum atomic E-state index is -0.409. The molecule has 0 aromatic carbocycles. The van der Waals surface area contributed by atoms with Crippen LogP contribution in [0.3, 0.4) is 0 Å². The molecule has 0 bridgehead atoms. The average molecular weight is 157 g/mol. The standard InChI is InChI=1S/C8H15NO2/c1-8(2)10-6-4-3-5(9)7(6)11-8/h5-7H,3-4,9H2,1-2H3/t5?,6-,7?/m1/s1. The number of fused-ring (bicyclic) bond motifs is 1. The van der Waals surface area contributed by atoms with Gasteiger partial charge in [0.1, 0.15) is 6.10 Å². The van der Waals surface area contributed by atoms with Crippen LogP contribution in [0.4, 0.5) is 0 Å². The van der Waals surface area contributed by atoms with Gasteiger partial charge in [0.2, 0.25) is 0 Å². The third-order valence-corrected chi connectivity index (χ3v) is 2.43. The molecule has 1 saturated heterocycles. The number of ether oxygens (including phenoxy) is 2. The normalized spacial score (nSPS) is 47.7. The fourth-order valence-electron chi connectivity index (χ4n) is 1.97. The van der Waals surface area contributed by atoms with Crippen molar-refractivity contribution in [2.45, 2.75) is 50.7 Å². The van der Waals surface area contributed by atoms with Crippen molar-refractivity contribution in [1.82, 2.24) is 0 Å². The van der Waals surface area contributed by atoms with Gasteiger partial charge in [-0.2, -0.15) is 0 Å². The monoisotopic (exact) mass is 157 g/mol. The third-order valence-electron chi connectivity index (χ3n) is 2.43. The number of nitrogens with two attached hydrogens (primary N) is 1. The summed E-state index contributed by atoms with van der Waals surface area (Å²) in [6.07, 6.45) is 2.48. The van der Waals surface area contributed by atoms with E-state index in [0.717, 1.165) is 12.8 Å². The minimum absolute atomic E-state index is 0.144. The molecule has 2 aliphatic rings. The van der Waals surface area contributed by atoms with Gasteiger partial charge in [-0.3, -0.25) is 0 Å². The molecule has 11 heavy (non-hydrogen) atoms. The van der Waals surface area contributed by atoms with Crippen molar-refractivity contribution in [3.63, 3.8) is 0 Å². The molecule has 0 aromatic rings. The van der Waals surface area contributed by atoms with Crippen LogP contribution in [0.25, 0.3) is 0 Å². The second kappa shape index (κ2) is 2.19. The van der Waals surface area contributed by atoms with Gasteiger partial charge in [0.15, 0.2) is 5.79 Å². The SMILES string of the molecule is CC1(C)OC2C(N)CC[C@H]2O1. The van der Waals surface area contributed by atoms with Crippen LogP contribution in [0.1, 0.15) is 26.7 Å². The van der Waals surface area contributed by atoms with Gasteiger partial charge in [0.05, 0.1) is 6.10 Å². The van der Waals surface area contributed by atoms with E-state index in [1.807, 2.05) is 13.8 Å². The molecule has 2 rings (SSSR count). The first-order chi connectivity index (χ1) is 5.08. The van der Waals surface area contributed by atoms with Gasteiger partial charge in [-0.25, -0.2) is 0 Å². The summed E-state index contributed by atoms with van der Waals surface area (Å²) in [7, 11) is 0. The predicted octanol–water partition coefficient (Wildman–Crippen LogP) is 0.628. The van der Waals surface area contributed by atoms with Crippen molar-refractivity contribution in [1.29, 1.82) is 0 Å². The molecule has 0 spiro atoms. The van der Waals surface area contributed by atoms with E-state index in [1.165, 1.54) is 0 Å². The van der Waals surface area contributed by atoms with Gasteiger partial charge >= 0.3 is 0 Å². The first-order valence-electron chi connectivity index (χ1n) is 4.20. The maximum Gasteiger partial charge on any atom is 0.163 e. The predicted molar refractivity (Wildman–Crippen MR) is 41.0 cm³/mol.